The van der Waals surface area contributed by atoms with Gasteiger partial charge in [-0.05, 0) is 67.2 Å². The zero-order valence-corrected chi connectivity index (χ0v) is 20.5. The quantitative estimate of drug-likeness (QED) is 0.287. The predicted molar refractivity (Wildman–Crippen MR) is 132 cm³/mol. The van der Waals surface area contributed by atoms with Crippen LogP contribution in [0.2, 0.25) is 12.1 Å². The molecule has 31 heavy (non-hydrogen) atoms. The molecule has 0 aliphatic heterocycles. The van der Waals surface area contributed by atoms with Gasteiger partial charge in [-0.15, -0.1) is 0 Å². The minimum absolute atomic E-state index is 0.273. The predicted octanol–water partition coefficient (Wildman–Crippen LogP) is 6.03. The highest BCUT2D eigenvalue weighted by atomic mass is 28.4. The van der Waals surface area contributed by atoms with Crippen molar-refractivity contribution in [3.05, 3.63) is 59.7 Å². The Hall–Kier alpha value is -2.08. The van der Waals surface area contributed by atoms with Crippen molar-refractivity contribution in [3.63, 3.8) is 0 Å². The molecule has 0 spiro atoms. The van der Waals surface area contributed by atoms with Gasteiger partial charge < -0.3 is 19.0 Å². The Morgan fingerprint density at radius 2 is 1.71 bits per heavy atom. The highest BCUT2D eigenvalue weighted by Gasteiger charge is 2.33. The lowest BCUT2D eigenvalue weighted by Gasteiger charge is -2.30. The van der Waals surface area contributed by atoms with Gasteiger partial charge in [-0.1, -0.05) is 50.3 Å². The van der Waals surface area contributed by atoms with Crippen LogP contribution in [0.25, 0.3) is 6.08 Å². The summed E-state index contributed by atoms with van der Waals surface area (Å²) in [5.41, 5.74) is 2.00. The summed E-state index contributed by atoms with van der Waals surface area (Å²) in [6.07, 6.45) is 7.12. The molecule has 0 amide bonds. The Kier molecular flexibility index (Phi) is 10.8. The average molecular weight is 443 g/mol. The van der Waals surface area contributed by atoms with Crippen LogP contribution < -0.4 is 9.92 Å². The maximum absolute atomic E-state index is 9.95. The number of aromatic hydroxyl groups is 1. The molecule has 0 aromatic heterocycles. The normalized spacial score (nSPS) is 11.9. The van der Waals surface area contributed by atoms with Crippen molar-refractivity contribution >= 4 is 19.6 Å². The van der Waals surface area contributed by atoms with E-state index in [-0.39, 0.29) is 5.75 Å². The second-order valence-electron chi connectivity index (χ2n) is 7.71. The standard InChI is InChI=1S/C26H38O4Si/c1-5-29-21-22-13-16-25(17-14-22)31(6-2,7-3)30-19-11-9-8-10-12-23-20-24(28-4)15-18-26(23)27/h10,12-18,20,27H,5-9,11,19,21H2,1-4H3/b12-10+. The molecule has 0 aliphatic carbocycles. The van der Waals surface area contributed by atoms with Crippen molar-refractivity contribution in [1.29, 1.82) is 0 Å². The summed E-state index contributed by atoms with van der Waals surface area (Å²) in [7, 11) is -0.289. The second kappa shape index (κ2) is 13.4. The van der Waals surface area contributed by atoms with Crippen LogP contribution in [0.1, 0.15) is 51.2 Å². The topological polar surface area (TPSA) is 47.9 Å². The zero-order valence-electron chi connectivity index (χ0n) is 19.5. The molecule has 0 bridgehead atoms. The molecule has 4 nitrogen and oxygen atoms in total. The van der Waals surface area contributed by atoms with Gasteiger partial charge >= 0.3 is 0 Å². The van der Waals surface area contributed by atoms with E-state index >= 15 is 0 Å². The molecular weight excluding hydrogens is 404 g/mol. The number of phenols is 1. The lowest BCUT2D eigenvalue weighted by atomic mass is 10.1. The number of phenolic OH excluding ortho intramolecular Hbond substituents is 1. The zero-order chi connectivity index (χ0) is 22.5. The first-order chi connectivity index (χ1) is 15.1. The summed E-state index contributed by atoms with van der Waals surface area (Å²) >= 11 is 0. The number of ether oxygens (including phenoxy) is 2. The molecule has 0 saturated carbocycles. The maximum atomic E-state index is 9.95. The van der Waals surface area contributed by atoms with Gasteiger partial charge in [0.25, 0.3) is 0 Å². The van der Waals surface area contributed by atoms with Gasteiger partial charge in [0.2, 0.25) is 8.32 Å². The van der Waals surface area contributed by atoms with E-state index in [2.05, 4.69) is 44.2 Å². The molecule has 2 aromatic rings. The first-order valence-corrected chi connectivity index (χ1v) is 13.8. The summed E-state index contributed by atoms with van der Waals surface area (Å²) in [5.74, 6) is 1.02. The fourth-order valence-electron chi connectivity index (χ4n) is 3.71. The lowest BCUT2D eigenvalue weighted by molar-refractivity contribution is 0.134. The largest absolute Gasteiger partial charge is 0.507 e. The van der Waals surface area contributed by atoms with E-state index in [1.807, 2.05) is 19.1 Å². The monoisotopic (exact) mass is 442 g/mol. The van der Waals surface area contributed by atoms with Crippen LogP contribution in [0, 0.1) is 0 Å². The molecule has 0 radical (unpaired) electrons. The highest BCUT2D eigenvalue weighted by molar-refractivity contribution is 6.86. The molecule has 0 fully saturated rings. The number of hydrogen-bond acceptors (Lipinski definition) is 4. The Morgan fingerprint density at radius 1 is 0.968 bits per heavy atom. The van der Waals surface area contributed by atoms with Gasteiger partial charge in [-0.3, -0.25) is 0 Å². The van der Waals surface area contributed by atoms with E-state index in [0.29, 0.717) is 6.61 Å². The molecule has 2 aromatic carbocycles. The van der Waals surface area contributed by atoms with Crippen molar-refractivity contribution in [1.82, 2.24) is 0 Å². The number of unbranched alkanes of at least 4 members (excludes halogenated alkanes) is 2. The molecule has 0 atom stereocenters. The van der Waals surface area contributed by atoms with Crippen LogP contribution in [0.3, 0.4) is 0 Å². The molecule has 0 aliphatic rings. The fraction of sp³-hybridized carbons (Fsp3) is 0.462. The number of benzene rings is 2. The fourth-order valence-corrected chi connectivity index (χ4v) is 6.91. The Labute approximate surface area is 189 Å². The van der Waals surface area contributed by atoms with Crippen molar-refractivity contribution < 1.29 is 19.0 Å². The molecule has 2 rings (SSSR count). The first kappa shape index (κ1) is 25.2. The highest BCUT2D eigenvalue weighted by Crippen LogP contribution is 2.24. The average Bonchev–Trinajstić information content (AvgIpc) is 2.81. The van der Waals surface area contributed by atoms with Crippen LogP contribution in [-0.4, -0.2) is 33.7 Å². The van der Waals surface area contributed by atoms with Gasteiger partial charge in [0, 0.05) is 18.8 Å². The smallest absolute Gasteiger partial charge is 0.223 e. The maximum Gasteiger partial charge on any atom is 0.223 e. The Morgan fingerprint density at radius 3 is 2.35 bits per heavy atom. The Bertz CT molecular complexity index is 798. The van der Waals surface area contributed by atoms with Crippen molar-refractivity contribution in [3.8, 4) is 11.5 Å². The van der Waals surface area contributed by atoms with Crippen LogP contribution in [0.15, 0.2) is 48.5 Å². The van der Waals surface area contributed by atoms with Gasteiger partial charge in [-0.25, -0.2) is 0 Å². The number of rotatable bonds is 14. The van der Waals surface area contributed by atoms with Crippen molar-refractivity contribution in [2.24, 2.45) is 0 Å². The van der Waals surface area contributed by atoms with E-state index in [1.165, 1.54) is 10.8 Å². The van der Waals surface area contributed by atoms with E-state index < -0.39 is 8.32 Å². The van der Waals surface area contributed by atoms with Crippen molar-refractivity contribution in [2.75, 3.05) is 20.3 Å². The third-order valence-electron chi connectivity index (χ3n) is 5.77. The number of methoxy groups -OCH3 is 1. The van der Waals surface area contributed by atoms with E-state index in [0.717, 1.165) is 55.9 Å². The molecule has 0 heterocycles. The molecule has 5 heteroatoms. The molecule has 0 saturated heterocycles. The van der Waals surface area contributed by atoms with Gasteiger partial charge in [-0.2, -0.15) is 0 Å². The number of allylic oxidation sites excluding steroid dienone is 1. The first-order valence-electron chi connectivity index (χ1n) is 11.4. The minimum atomic E-state index is -1.92. The second-order valence-corrected chi connectivity index (χ2v) is 12.0. The summed E-state index contributed by atoms with van der Waals surface area (Å²) in [6.45, 7) is 8.74. The molecule has 170 valence electrons. The van der Waals surface area contributed by atoms with Gasteiger partial charge in [0.05, 0.1) is 13.7 Å². The van der Waals surface area contributed by atoms with E-state index in [9.17, 15) is 5.11 Å². The molecule has 0 unspecified atom stereocenters. The Balaban J connectivity index is 1.83. The van der Waals surface area contributed by atoms with Gasteiger partial charge in [0.15, 0.2) is 0 Å². The van der Waals surface area contributed by atoms with Crippen LogP contribution in [0.4, 0.5) is 0 Å². The summed E-state index contributed by atoms with van der Waals surface area (Å²) in [4.78, 5) is 0. The summed E-state index contributed by atoms with van der Waals surface area (Å²) in [5, 5.41) is 11.3. The number of hydrogen-bond donors (Lipinski definition) is 1. The third-order valence-corrected chi connectivity index (χ3v) is 10.2. The third kappa shape index (κ3) is 7.53. The summed E-state index contributed by atoms with van der Waals surface area (Å²) in [6, 6.07) is 16.3. The van der Waals surface area contributed by atoms with Crippen LogP contribution in [-0.2, 0) is 15.8 Å². The van der Waals surface area contributed by atoms with E-state index in [1.54, 1.807) is 19.2 Å². The van der Waals surface area contributed by atoms with Crippen molar-refractivity contribution in [2.45, 2.75) is 58.7 Å². The minimum Gasteiger partial charge on any atom is -0.507 e. The van der Waals surface area contributed by atoms with Crippen LogP contribution in [0.5, 0.6) is 11.5 Å². The van der Waals surface area contributed by atoms with Gasteiger partial charge in [0.1, 0.15) is 11.5 Å². The molecule has 1 N–H and O–H groups in total. The SMILES string of the molecule is CCOCc1ccc([Si](CC)(CC)OCCCC/C=C/c2cc(OC)ccc2O)cc1. The van der Waals surface area contributed by atoms with E-state index in [4.69, 9.17) is 13.9 Å². The lowest BCUT2D eigenvalue weighted by Crippen LogP contribution is -2.49. The van der Waals surface area contributed by atoms with Crippen LogP contribution >= 0.6 is 0 Å². The molecular formula is C26H38O4Si. The summed E-state index contributed by atoms with van der Waals surface area (Å²) < 4.78 is 17.3.